The van der Waals surface area contributed by atoms with Crippen molar-refractivity contribution in [3.05, 3.63) is 69.9 Å². The lowest BCUT2D eigenvalue weighted by atomic mass is 10.1. The molecular formula is C22H26N2O5S2. The molecule has 3 aromatic rings. The van der Waals surface area contributed by atoms with Gasteiger partial charge in [0.05, 0.1) is 25.8 Å². The Morgan fingerprint density at radius 1 is 1.13 bits per heavy atom. The summed E-state index contributed by atoms with van der Waals surface area (Å²) in [5.74, 6) is 0.286. The number of rotatable bonds is 9. The first-order valence-corrected chi connectivity index (χ1v) is 12.1. The third-order valence-corrected chi connectivity index (χ3v) is 8.13. The molecule has 0 saturated heterocycles. The second kappa shape index (κ2) is 9.67. The lowest BCUT2D eigenvalue weighted by Gasteiger charge is -2.22. The number of nitrogens with one attached hydrogen (secondary N) is 1. The molecule has 0 aliphatic carbocycles. The van der Waals surface area contributed by atoms with Crippen molar-refractivity contribution >= 4 is 27.3 Å². The van der Waals surface area contributed by atoms with Gasteiger partial charge in [0.1, 0.15) is 9.96 Å². The van der Waals surface area contributed by atoms with Gasteiger partial charge in [-0.3, -0.25) is 0 Å². The van der Waals surface area contributed by atoms with E-state index in [4.69, 9.17) is 9.47 Å². The van der Waals surface area contributed by atoms with E-state index in [0.717, 1.165) is 5.56 Å². The van der Waals surface area contributed by atoms with Crippen molar-refractivity contribution in [1.82, 2.24) is 9.29 Å². The Kier molecular flexibility index (Phi) is 7.19. The highest BCUT2D eigenvalue weighted by molar-refractivity contribution is 7.91. The number of aryl methyl sites for hydroxylation is 1. The van der Waals surface area contributed by atoms with Crippen LogP contribution in [0.4, 0.5) is 0 Å². The number of hydrogen-bond donors (Lipinski definition) is 1. The quantitative estimate of drug-likeness (QED) is 0.480. The van der Waals surface area contributed by atoms with Gasteiger partial charge in [0.25, 0.3) is 10.0 Å². The minimum absolute atomic E-state index is 0.0956. The lowest BCUT2D eigenvalue weighted by Crippen LogP contribution is -2.30. The Morgan fingerprint density at radius 2 is 1.84 bits per heavy atom. The third kappa shape index (κ3) is 5.00. The highest BCUT2D eigenvalue weighted by Gasteiger charge is 2.28. The van der Waals surface area contributed by atoms with E-state index in [1.807, 2.05) is 12.1 Å². The Balaban J connectivity index is 1.97. The fourth-order valence-corrected chi connectivity index (χ4v) is 5.90. The molecule has 0 saturated carbocycles. The summed E-state index contributed by atoms with van der Waals surface area (Å²) in [7, 11) is -2.15. The minimum atomic E-state index is -3.74. The van der Waals surface area contributed by atoms with Gasteiger partial charge in [-0.05, 0) is 55.5 Å². The predicted octanol–water partition coefficient (Wildman–Crippen LogP) is 4.27. The predicted molar refractivity (Wildman–Crippen MR) is 120 cm³/mol. The molecule has 0 amide bonds. The monoisotopic (exact) mass is 462 g/mol. The fraction of sp³-hybridized carbons (Fsp3) is 0.318. The van der Waals surface area contributed by atoms with E-state index in [-0.39, 0.29) is 23.9 Å². The molecule has 2 heterocycles. The van der Waals surface area contributed by atoms with Crippen LogP contribution in [0.5, 0.6) is 5.75 Å². The van der Waals surface area contributed by atoms with Gasteiger partial charge in [-0.25, -0.2) is 13.2 Å². The molecule has 166 valence electrons. The fourth-order valence-electron chi connectivity index (χ4n) is 3.36. The second-order valence-electron chi connectivity index (χ2n) is 7.00. The van der Waals surface area contributed by atoms with Crippen LogP contribution in [0.3, 0.4) is 0 Å². The topological polar surface area (TPSA) is 88.7 Å². The molecule has 0 radical (unpaired) electrons. The van der Waals surface area contributed by atoms with Gasteiger partial charge < -0.3 is 14.5 Å². The van der Waals surface area contributed by atoms with E-state index in [1.165, 1.54) is 15.6 Å². The molecule has 0 aliphatic rings. The van der Waals surface area contributed by atoms with Crippen LogP contribution in [-0.2, 0) is 27.8 Å². The van der Waals surface area contributed by atoms with Gasteiger partial charge in [-0.2, -0.15) is 4.31 Å². The van der Waals surface area contributed by atoms with Crippen molar-refractivity contribution in [2.45, 2.75) is 38.1 Å². The number of esters is 1. The molecule has 0 bridgehead atoms. The van der Waals surface area contributed by atoms with Crippen molar-refractivity contribution in [1.29, 1.82) is 0 Å². The van der Waals surface area contributed by atoms with Gasteiger partial charge in [0.15, 0.2) is 0 Å². The van der Waals surface area contributed by atoms with E-state index in [9.17, 15) is 13.2 Å². The molecule has 9 heteroatoms. The Hall–Kier alpha value is -2.62. The van der Waals surface area contributed by atoms with Crippen LogP contribution in [-0.4, -0.2) is 37.4 Å². The first kappa shape index (κ1) is 23.1. The summed E-state index contributed by atoms with van der Waals surface area (Å²) >= 11 is 1.18. The molecule has 3 rings (SSSR count). The summed E-state index contributed by atoms with van der Waals surface area (Å²) in [4.78, 5) is 15.5. The Morgan fingerprint density at radius 3 is 2.42 bits per heavy atom. The van der Waals surface area contributed by atoms with E-state index < -0.39 is 16.0 Å². The van der Waals surface area contributed by atoms with Crippen LogP contribution in [0.2, 0.25) is 0 Å². The maximum Gasteiger partial charge on any atom is 0.340 e. The first-order chi connectivity index (χ1) is 14.8. The summed E-state index contributed by atoms with van der Waals surface area (Å²) in [6.45, 7) is 5.88. The standard InChI is InChI=1S/C22H26N2O5S2/c1-5-29-22(25)21-15(2)19(23-16(21)3)14-24(31(26,27)20-7-6-12-30-20)13-17-8-10-18(28-4)11-9-17/h6-12,23H,5,13-14H2,1-4H3. The molecule has 0 fully saturated rings. The Labute approximate surface area is 186 Å². The normalized spacial score (nSPS) is 11.6. The summed E-state index contributed by atoms with van der Waals surface area (Å²) in [5, 5.41) is 1.74. The van der Waals surface area contributed by atoms with E-state index in [0.29, 0.717) is 28.3 Å². The molecule has 0 spiro atoms. The highest BCUT2D eigenvalue weighted by atomic mass is 32.2. The number of hydrogen-bond acceptors (Lipinski definition) is 6. The number of carbonyl (C=O) groups is 1. The van der Waals surface area contributed by atoms with Crippen molar-refractivity contribution < 1.29 is 22.7 Å². The van der Waals surface area contributed by atoms with Gasteiger partial charge in [0.2, 0.25) is 0 Å². The van der Waals surface area contributed by atoms with Crippen LogP contribution in [0.25, 0.3) is 0 Å². The maximum atomic E-state index is 13.4. The van der Waals surface area contributed by atoms with Gasteiger partial charge in [0, 0.05) is 17.9 Å². The number of nitrogens with zero attached hydrogens (tertiary/aromatic N) is 1. The van der Waals surface area contributed by atoms with Gasteiger partial charge in [-0.1, -0.05) is 18.2 Å². The van der Waals surface area contributed by atoms with Gasteiger partial charge >= 0.3 is 5.97 Å². The largest absolute Gasteiger partial charge is 0.497 e. The number of ether oxygens (including phenoxy) is 2. The number of methoxy groups -OCH3 is 1. The van der Waals surface area contributed by atoms with Crippen molar-refractivity contribution in [2.75, 3.05) is 13.7 Å². The molecule has 1 N–H and O–H groups in total. The van der Waals surface area contributed by atoms with Crippen LogP contribution < -0.4 is 4.74 Å². The first-order valence-electron chi connectivity index (χ1n) is 9.79. The van der Waals surface area contributed by atoms with Crippen molar-refractivity contribution in [3.8, 4) is 5.75 Å². The number of aromatic nitrogens is 1. The van der Waals surface area contributed by atoms with E-state index >= 15 is 0 Å². The Bertz CT molecular complexity index is 1130. The number of benzene rings is 1. The van der Waals surface area contributed by atoms with Crippen LogP contribution in [0.15, 0.2) is 46.0 Å². The summed E-state index contributed by atoms with van der Waals surface area (Å²) in [6, 6.07) is 10.6. The van der Waals surface area contributed by atoms with Gasteiger partial charge in [-0.15, -0.1) is 11.3 Å². The van der Waals surface area contributed by atoms with Crippen molar-refractivity contribution in [3.63, 3.8) is 0 Å². The van der Waals surface area contributed by atoms with Crippen LogP contribution in [0, 0.1) is 13.8 Å². The zero-order valence-corrected chi connectivity index (χ0v) is 19.6. The zero-order chi connectivity index (χ0) is 22.6. The lowest BCUT2D eigenvalue weighted by molar-refractivity contribution is 0.0525. The average Bonchev–Trinajstić information content (AvgIpc) is 3.37. The SMILES string of the molecule is CCOC(=O)c1c(C)[nH]c(CN(Cc2ccc(OC)cc2)S(=O)(=O)c2cccs2)c1C. The van der Waals surface area contributed by atoms with E-state index in [1.54, 1.807) is 57.5 Å². The zero-order valence-electron chi connectivity index (χ0n) is 18.0. The summed E-state index contributed by atoms with van der Waals surface area (Å²) < 4.78 is 38.8. The number of sulfonamides is 1. The van der Waals surface area contributed by atoms with Crippen LogP contribution >= 0.6 is 11.3 Å². The second-order valence-corrected chi connectivity index (χ2v) is 10.1. The number of aromatic amines is 1. The molecular weight excluding hydrogens is 436 g/mol. The number of thiophene rings is 1. The highest BCUT2D eigenvalue weighted by Crippen LogP contribution is 2.27. The number of H-pyrrole nitrogens is 1. The molecule has 2 aromatic heterocycles. The average molecular weight is 463 g/mol. The third-order valence-electron chi connectivity index (χ3n) is 4.96. The molecule has 1 aromatic carbocycles. The molecule has 7 nitrogen and oxygen atoms in total. The maximum absolute atomic E-state index is 13.4. The van der Waals surface area contributed by atoms with E-state index in [2.05, 4.69) is 4.98 Å². The molecule has 0 atom stereocenters. The van der Waals surface area contributed by atoms with Crippen LogP contribution in [0.1, 0.15) is 39.8 Å². The number of carbonyl (C=O) groups excluding carboxylic acids is 1. The molecule has 0 unspecified atom stereocenters. The summed E-state index contributed by atoms with van der Waals surface area (Å²) in [6.07, 6.45) is 0. The molecule has 31 heavy (non-hydrogen) atoms. The van der Waals surface area contributed by atoms with Crippen molar-refractivity contribution in [2.24, 2.45) is 0 Å². The minimum Gasteiger partial charge on any atom is -0.497 e. The smallest absolute Gasteiger partial charge is 0.340 e. The molecule has 0 aliphatic heterocycles. The summed E-state index contributed by atoms with van der Waals surface area (Å²) in [5.41, 5.74) is 3.29.